The first-order chi connectivity index (χ1) is 20.4. The van der Waals surface area contributed by atoms with Crippen LogP contribution in [0, 0.1) is 16.7 Å². The minimum Gasteiger partial charge on any atom is -0.381 e. The monoisotopic (exact) mass is 595 g/mol. The number of aromatic amines is 2. The van der Waals surface area contributed by atoms with Crippen LogP contribution in [0.4, 0.5) is 11.6 Å². The molecule has 0 bridgehead atoms. The molecule has 12 nitrogen and oxygen atoms in total. The first-order valence-electron chi connectivity index (χ1n) is 14.5. The highest BCUT2D eigenvalue weighted by Gasteiger charge is 2.32. The van der Waals surface area contributed by atoms with E-state index in [1.807, 2.05) is 24.3 Å². The fraction of sp³-hybridized carbons (Fsp3) is 0.552. The summed E-state index contributed by atoms with van der Waals surface area (Å²) in [6.45, 7) is 4.64. The summed E-state index contributed by atoms with van der Waals surface area (Å²) in [5.74, 6) is 1.98. The molecule has 1 saturated carbocycles. The molecule has 5 N–H and O–H groups in total. The highest BCUT2D eigenvalue weighted by molar-refractivity contribution is 6.33. The van der Waals surface area contributed by atoms with Crippen molar-refractivity contribution in [1.29, 1.82) is 5.26 Å². The van der Waals surface area contributed by atoms with Gasteiger partial charge in [-0.25, -0.2) is 19.9 Å². The van der Waals surface area contributed by atoms with Gasteiger partial charge in [-0.15, -0.1) is 0 Å². The van der Waals surface area contributed by atoms with Gasteiger partial charge in [0.25, 0.3) is 0 Å². The molecular weight excluding hydrogens is 558 g/mol. The van der Waals surface area contributed by atoms with Crippen molar-refractivity contribution in [1.82, 2.24) is 30.5 Å². The minimum atomic E-state index is -0.440. The molecule has 0 spiro atoms. The zero-order valence-electron chi connectivity index (χ0n) is 23.8. The van der Waals surface area contributed by atoms with Gasteiger partial charge in [0.15, 0.2) is 5.82 Å². The first kappa shape index (κ1) is 30.0. The quantitative estimate of drug-likeness (QED) is 0.207. The lowest BCUT2D eigenvalue weighted by atomic mass is 9.82. The van der Waals surface area contributed by atoms with Gasteiger partial charge in [-0.3, -0.25) is 4.98 Å². The number of hydrogen-bond acceptors (Lipinski definition) is 10. The third-order valence-corrected chi connectivity index (χ3v) is 8.23. The molecule has 0 amide bonds. The van der Waals surface area contributed by atoms with Gasteiger partial charge in [-0.1, -0.05) is 17.7 Å². The summed E-state index contributed by atoms with van der Waals surface area (Å²) in [6, 6.07) is 11.1. The molecule has 2 fully saturated rings. The molecule has 1 aliphatic heterocycles. The van der Waals surface area contributed by atoms with Crippen LogP contribution in [0.2, 0.25) is 5.02 Å². The van der Waals surface area contributed by atoms with Crippen LogP contribution < -0.4 is 21.6 Å². The Morgan fingerprint density at radius 3 is 2.74 bits per heavy atom. The topological polar surface area (TPSA) is 166 Å². The van der Waals surface area contributed by atoms with Crippen LogP contribution in [-0.2, 0) is 16.1 Å². The number of rotatable bonds is 12. The van der Waals surface area contributed by atoms with Gasteiger partial charge in [0.1, 0.15) is 18.2 Å². The number of aromatic nitrogens is 5. The number of nitriles is 1. The Labute approximate surface area is 250 Å². The SMILES string of the molecule is CC(COCc1n[nH]c(=O)[nH]1)NC1CCC(Nc2cc(-c3cccc(NCC4(C#N)CCOCC4)n3)c(Cl)cn2)CC1. The van der Waals surface area contributed by atoms with Crippen molar-refractivity contribution in [3.05, 3.63) is 51.8 Å². The molecule has 42 heavy (non-hydrogen) atoms. The summed E-state index contributed by atoms with van der Waals surface area (Å²) >= 11 is 6.56. The number of H-pyrrole nitrogens is 2. The van der Waals surface area contributed by atoms with Crippen molar-refractivity contribution in [3.63, 3.8) is 0 Å². The third-order valence-electron chi connectivity index (χ3n) is 7.93. The number of ether oxygens (including phenoxy) is 2. The Kier molecular flexibility index (Phi) is 10.1. The fourth-order valence-electron chi connectivity index (χ4n) is 5.52. The van der Waals surface area contributed by atoms with Crippen molar-refractivity contribution in [2.45, 2.75) is 70.2 Å². The Bertz CT molecular complexity index is 1410. The van der Waals surface area contributed by atoms with E-state index in [-0.39, 0.29) is 18.3 Å². The van der Waals surface area contributed by atoms with E-state index in [4.69, 9.17) is 26.1 Å². The van der Waals surface area contributed by atoms with Crippen molar-refractivity contribution in [3.8, 4) is 17.3 Å². The number of halogens is 1. The largest absolute Gasteiger partial charge is 0.381 e. The van der Waals surface area contributed by atoms with Crippen LogP contribution in [0.5, 0.6) is 0 Å². The average Bonchev–Trinajstić information content (AvgIpc) is 3.43. The van der Waals surface area contributed by atoms with Gasteiger partial charge >= 0.3 is 5.69 Å². The van der Waals surface area contributed by atoms with Gasteiger partial charge < -0.3 is 25.4 Å². The van der Waals surface area contributed by atoms with E-state index in [1.165, 1.54) is 0 Å². The normalized spacial score (nSPS) is 20.9. The predicted octanol–water partition coefficient (Wildman–Crippen LogP) is 3.86. The van der Waals surface area contributed by atoms with E-state index < -0.39 is 5.41 Å². The van der Waals surface area contributed by atoms with Crippen LogP contribution in [0.3, 0.4) is 0 Å². The van der Waals surface area contributed by atoms with E-state index in [1.54, 1.807) is 6.20 Å². The molecule has 0 aromatic carbocycles. The van der Waals surface area contributed by atoms with Crippen molar-refractivity contribution >= 4 is 23.2 Å². The number of pyridine rings is 2. The lowest BCUT2D eigenvalue weighted by molar-refractivity contribution is 0.0455. The maximum absolute atomic E-state index is 11.1. The van der Waals surface area contributed by atoms with Gasteiger partial charge in [0, 0.05) is 49.6 Å². The second kappa shape index (κ2) is 14.1. The third kappa shape index (κ3) is 8.07. The molecule has 1 unspecified atom stereocenters. The van der Waals surface area contributed by atoms with E-state index in [2.05, 4.69) is 49.1 Å². The van der Waals surface area contributed by atoms with Crippen LogP contribution in [0.25, 0.3) is 11.3 Å². The van der Waals surface area contributed by atoms with Crippen LogP contribution in [0.15, 0.2) is 35.3 Å². The molecule has 1 aliphatic carbocycles. The first-order valence-corrected chi connectivity index (χ1v) is 14.9. The number of nitrogens with one attached hydrogen (secondary N) is 5. The minimum absolute atomic E-state index is 0.186. The summed E-state index contributed by atoms with van der Waals surface area (Å²) in [6.07, 6.45) is 7.21. The number of anilines is 2. The second-order valence-corrected chi connectivity index (χ2v) is 11.6. The molecule has 4 heterocycles. The van der Waals surface area contributed by atoms with Gasteiger partial charge in [-0.2, -0.15) is 10.4 Å². The van der Waals surface area contributed by atoms with E-state index in [0.29, 0.717) is 68.0 Å². The van der Waals surface area contributed by atoms with Crippen LogP contribution >= 0.6 is 11.6 Å². The molecule has 224 valence electrons. The summed E-state index contributed by atoms with van der Waals surface area (Å²) in [4.78, 5) is 23.0. The lowest BCUT2D eigenvalue weighted by Gasteiger charge is -2.32. The summed E-state index contributed by atoms with van der Waals surface area (Å²) in [5.41, 5.74) is 0.786. The second-order valence-electron chi connectivity index (χ2n) is 11.2. The van der Waals surface area contributed by atoms with Crippen LogP contribution in [-0.4, -0.2) is 69.6 Å². The zero-order valence-corrected chi connectivity index (χ0v) is 24.5. The predicted molar refractivity (Wildman–Crippen MR) is 160 cm³/mol. The highest BCUT2D eigenvalue weighted by atomic mass is 35.5. The maximum Gasteiger partial charge on any atom is 0.340 e. The summed E-state index contributed by atoms with van der Waals surface area (Å²) < 4.78 is 11.1. The smallest absolute Gasteiger partial charge is 0.340 e. The van der Waals surface area contributed by atoms with Crippen molar-refractivity contribution < 1.29 is 9.47 Å². The van der Waals surface area contributed by atoms with E-state index in [0.717, 1.165) is 42.8 Å². The van der Waals surface area contributed by atoms with Gasteiger partial charge in [-0.05, 0) is 63.6 Å². The summed E-state index contributed by atoms with van der Waals surface area (Å²) in [5, 5.41) is 27.1. The standard InChI is InChI=1S/C29H38ClN9O3/c1-19(15-42-16-27-37-28(40)39-38-27)34-20-5-7-21(8-6-20)35-26-13-22(23(30)14-32-26)24-3-2-4-25(36-24)33-18-29(17-31)9-11-41-12-10-29/h2-4,13-14,19-21,34H,5-12,15-16,18H2,1H3,(H,32,35)(H,33,36)(H2,37,38,39,40). The molecule has 1 atom stereocenters. The van der Waals surface area contributed by atoms with E-state index in [9.17, 15) is 10.1 Å². The molecule has 5 rings (SSSR count). The number of hydrogen-bond donors (Lipinski definition) is 5. The number of nitrogens with zero attached hydrogens (tertiary/aromatic N) is 4. The average molecular weight is 596 g/mol. The Hall–Kier alpha value is -3.50. The van der Waals surface area contributed by atoms with Gasteiger partial charge in [0.05, 0.1) is 28.8 Å². The fourth-order valence-corrected chi connectivity index (χ4v) is 5.72. The van der Waals surface area contributed by atoms with Crippen LogP contribution in [0.1, 0.15) is 51.3 Å². The Morgan fingerprint density at radius 1 is 1.21 bits per heavy atom. The molecular formula is C29H38ClN9O3. The summed E-state index contributed by atoms with van der Waals surface area (Å²) in [7, 11) is 0. The zero-order chi connectivity index (χ0) is 29.4. The molecule has 0 radical (unpaired) electrons. The van der Waals surface area contributed by atoms with Crippen molar-refractivity contribution in [2.24, 2.45) is 5.41 Å². The highest BCUT2D eigenvalue weighted by Crippen LogP contribution is 2.32. The molecule has 13 heteroatoms. The molecule has 1 saturated heterocycles. The van der Waals surface area contributed by atoms with E-state index >= 15 is 0 Å². The molecule has 2 aliphatic rings. The maximum atomic E-state index is 11.1. The molecule has 3 aromatic heterocycles. The van der Waals surface area contributed by atoms with Crippen molar-refractivity contribution in [2.75, 3.05) is 37.0 Å². The molecule has 3 aromatic rings. The van der Waals surface area contributed by atoms with Gasteiger partial charge in [0.2, 0.25) is 0 Å². The Morgan fingerprint density at radius 2 is 2.00 bits per heavy atom. The Balaban J connectivity index is 1.11. The lowest BCUT2D eigenvalue weighted by Crippen LogP contribution is -2.43.